The van der Waals surface area contributed by atoms with E-state index < -0.39 is 46.9 Å². The van der Waals surface area contributed by atoms with Gasteiger partial charge in [-0.3, -0.25) is 9.59 Å². The number of piperidine rings is 1. The molecule has 4 heterocycles. The first-order valence-electron chi connectivity index (χ1n) is 14.9. The van der Waals surface area contributed by atoms with Crippen LogP contribution >= 0.6 is 0 Å². The molecule has 1 unspecified atom stereocenters. The van der Waals surface area contributed by atoms with Crippen molar-refractivity contribution in [3.05, 3.63) is 69.9 Å². The summed E-state index contributed by atoms with van der Waals surface area (Å²) in [4.78, 5) is 37.2. The second-order valence-electron chi connectivity index (χ2n) is 11.4. The Morgan fingerprint density at radius 3 is 2.19 bits per heavy atom. The Kier molecular flexibility index (Phi) is 9.93. The third-order valence-corrected chi connectivity index (χ3v) is 8.11. The Balaban J connectivity index is 1.14. The summed E-state index contributed by atoms with van der Waals surface area (Å²) in [5, 5.41) is 6.61. The monoisotopic (exact) mass is 669 g/mol. The van der Waals surface area contributed by atoms with Gasteiger partial charge in [0.15, 0.2) is 0 Å². The summed E-state index contributed by atoms with van der Waals surface area (Å²) in [6, 6.07) is 5.69. The maximum absolute atomic E-state index is 14.0. The molecule has 0 radical (unpaired) electrons. The number of carbonyl (C=O) groups excluding carboxylic acids is 1. The fourth-order valence-electron chi connectivity index (χ4n) is 5.66. The summed E-state index contributed by atoms with van der Waals surface area (Å²) < 4.78 is 92.1. The number of hydrogen-bond donors (Lipinski definition) is 1. The fourth-order valence-corrected chi connectivity index (χ4v) is 5.66. The van der Waals surface area contributed by atoms with Crippen molar-refractivity contribution in [3.63, 3.8) is 0 Å². The lowest BCUT2D eigenvalue weighted by Gasteiger charge is -2.36. The van der Waals surface area contributed by atoms with E-state index in [1.165, 1.54) is 7.11 Å². The molecule has 0 bridgehead atoms. The standard InChI is InChI=1S/C30H33F6N7O4/c1-18(40-23-15-39-43(27(45)25(23)30(34,35)36)16-19-3-5-22(46-2)6-4-19)17-47-24-9-12-42(26(24)44)21-7-10-41(11-8-21)28-37-13-20(14-38-28)29(31,32)33/h3-6,13-15,18,21,24,40H,7-12,16-17H2,1-2H3/t18-,24?/m0/s1. The quantitative estimate of drug-likeness (QED) is 0.317. The first-order valence-corrected chi connectivity index (χ1v) is 14.9. The van der Waals surface area contributed by atoms with Gasteiger partial charge in [-0.25, -0.2) is 14.6 Å². The van der Waals surface area contributed by atoms with E-state index >= 15 is 0 Å². The molecule has 3 aromatic rings. The van der Waals surface area contributed by atoms with Gasteiger partial charge in [-0.2, -0.15) is 31.4 Å². The molecule has 2 atom stereocenters. The summed E-state index contributed by atoms with van der Waals surface area (Å²) in [5.41, 5.74) is -3.55. The van der Waals surface area contributed by atoms with Crippen molar-refractivity contribution in [2.75, 3.05) is 43.6 Å². The van der Waals surface area contributed by atoms with E-state index in [2.05, 4.69) is 20.4 Å². The van der Waals surface area contributed by atoms with Gasteiger partial charge < -0.3 is 24.6 Å². The average Bonchev–Trinajstić information content (AvgIpc) is 3.40. The number of likely N-dealkylation sites (tertiary alicyclic amines) is 1. The molecule has 0 aliphatic carbocycles. The molecular formula is C30H33F6N7O4. The summed E-state index contributed by atoms with van der Waals surface area (Å²) in [6.07, 6.45) is -6.33. The number of aromatic nitrogens is 4. The largest absolute Gasteiger partial charge is 0.497 e. The number of carbonyl (C=O) groups is 1. The van der Waals surface area contributed by atoms with Gasteiger partial charge in [0.25, 0.3) is 11.5 Å². The predicted octanol–water partition coefficient (Wildman–Crippen LogP) is 4.21. The lowest BCUT2D eigenvalue weighted by molar-refractivity contribution is -0.139. The average molecular weight is 670 g/mol. The number of amides is 1. The zero-order valence-corrected chi connectivity index (χ0v) is 25.5. The Bertz CT molecular complexity index is 1590. The fraction of sp³-hybridized carbons (Fsp3) is 0.500. The number of nitrogens with one attached hydrogen (secondary N) is 1. The number of anilines is 2. The normalized spacial score (nSPS) is 18.5. The molecule has 11 nitrogen and oxygen atoms in total. The predicted molar refractivity (Wildman–Crippen MR) is 157 cm³/mol. The van der Waals surface area contributed by atoms with Gasteiger partial charge >= 0.3 is 12.4 Å². The van der Waals surface area contributed by atoms with Crippen LogP contribution in [0.4, 0.5) is 38.0 Å². The Morgan fingerprint density at radius 2 is 1.60 bits per heavy atom. The van der Waals surface area contributed by atoms with E-state index in [9.17, 15) is 35.9 Å². The van der Waals surface area contributed by atoms with Crippen molar-refractivity contribution in [1.29, 1.82) is 0 Å². The maximum Gasteiger partial charge on any atom is 0.423 e. The highest BCUT2D eigenvalue weighted by Crippen LogP contribution is 2.33. The number of benzene rings is 1. The van der Waals surface area contributed by atoms with E-state index in [4.69, 9.17) is 9.47 Å². The van der Waals surface area contributed by atoms with Gasteiger partial charge in [0.2, 0.25) is 5.95 Å². The molecule has 17 heteroatoms. The van der Waals surface area contributed by atoms with Gasteiger partial charge in [-0.1, -0.05) is 12.1 Å². The SMILES string of the molecule is COc1ccc(Cn2ncc(N[C@@H](C)COC3CCN(C4CCN(c5ncc(C(F)(F)F)cn5)CC4)C3=O)c(C(F)(F)F)c2=O)cc1. The molecule has 47 heavy (non-hydrogen) atoms. The molecule has 2 aromatic heterocycles. The van der Waals surface area contributed by atoms with Crippen molar-refractivity contribution >= 4 is 17.5 Å². The van der Waals surface area contributed by atoms with Gasteiger partial charge in [0.1, 0.15) is 17.4 Å². The van der Waals surface area contributed by atoms with Gasteiger partial charge in [-0.05, 0) is 37.5 Å². The molecule has 1 amide bonds. The Morgan fingerprint density at radius 1 is 0.936 bits per heavy atom. The highest BCUT2D eigenvalue weighted by Gasteiger charge is 2.40. The van der Waals surface area contributed by atoms with E-state index in [-0.39, 0.29) is 31.0 Å². The summed E-state index contributed by atoms with van der Waals surface area (Å²) >= 11 is 0. The Hall–Kier alpha value is -4.41. The molecule has 1 N–H and O–H groups in total. The van der Waals surface area contributed by atoms with Crippen LogP contribution in [0.2, 0.25) is 0 Å². The molecular weight excluding hydrogens is 636 g/mol. The number of alkyl halides is 6. The highest BCUT2D eigenvalue weighted by molar-refractivity contribution is 5.83. The summed E-state index contributed by atoms with van der Waals surface area (Å²) in [5.74, 6) is 0.508. The molecule has 0 saturated carbocycles. The number of hydrogen-bond acceptors (Lipinski definition) is 9. The third-order valence-electron chi connectivity index (χ3n) is 8.11. The molecule has 2 aliphatic rings. The van der Waals surface area contributed by atoms with E-state index in [1.807, 2.05) is 0 Å². The van der Waals surface area contributed by atoms with Gasteiger partial charge in [0.05, 0.1) is 37.7 Å². The smallest absolute Gasteiger partial charge is 0.423 e. The van der Waals surface area contributed by atoms with Crippen LogP contribution in [0.5, 0.6) is 5.75 Å². The van der Waals surface area contributed by atoms with Crippen LogP contribution in [-0.2, 0) is 28.4 Å². The number of nitrogens with zero attached hydrogens (tertiary/aromatic N) is 6. The van der Waals surface area contributed by atoms with Crippen LogP contribution in [0, 0.1) is 0 Å². The Labute approximate surface area is 265 Å². The van der Waals surface area contributed by atoms with Crippen LogP contribution in [0.1, 0.15) is 42.9 Å². The zero-order chi connectivity index (χ0) is 33.9. The molecule has 2 fully saturated rings. The molecule has 2 aliphatic heterocycles. The summed E-state index contributed by atoms with van der Waals surface area (Å²) in [7, 11) is 1.48. The number of methoxy groups -OCH3 is 1. The van der Waals surface area contributed by atoms with Crippen LogP contribution < -0.4 is 20.5 Å². The van der Waals surface area contributed by atoms with Crippen LogP contribution in [0.15, 0.2) is 47.7 Å². The van der Waals surface area contributed by atoms with Crippen molar-refractivity contribution in [2.45, 2.75) is 63.3 Å². The molecule has 254 valence electrons. The van der Waals surface area contributed by atoms with Crippen LogP contribution in [0.25, 0.3) is 0 Å². The molecule has 2 saturated heterocycles. The highest BCUT2D eigenvalue weighted by atomic mass is 19.4. The molecule has 1 aromatic carbocycles. The first kappa shape index (κ1) is 33.9. The zero-order valence-electron chi connectivity index (χ0n) is 25.5. The molecule has 5 rings (SSSR count). The lowest BCUT2D eigenvalue weighted by Crippen LogP contribution is -2.47. The van der Waals surface area contributed by atoms with Crippen molar-refractivity contribution in [1.82, 2.24) is 24.6 Å². The second-order valence-corrected chi connectivity index (χ2v) is 11.4. The lowest BCUT2D eigenvalue weighted by atomic mass is 10.0. The van der Waals surface area contributed by atoms with Gasteiger partial charge in [-0.15, -0.1) is 0 Å². The van der Waals surface area contributed by atoms with Crippen molar-refractivity contribution in [3.8, 4) is 5.75 Å². The number of halogens is 6. The minimum atomic E-state index is -4.96. The van der Waals surface area contributed by atoms with E-state index in [0.29, 0.717) is 50.2 Å². The van der Waals surface area contributed by atoms with Crippen LogP contribution in [0.3, 0.4) is 0 Å². The van der Waals surface area contributed by atoms with Crippen LogP contribution in [-0.4, -0.2) is 82.1 Å². The molecule has 0 spiro atoms. The maximum atomic E-state index is 14.0. The number of ether oxygens (including phenoxy) is 2. The summed E-state index contributed by atoms with van der Waals surface area (Å²) in [6.45, 7) is 2.61. The third kappa shape index (κ3) is 7.94. The van der Waals surface area contributed by atoms with Crippen molar-refractivity contribution in [2.24, 2.45) is 0 Å². The first-order chi connectivity index (χ1) is 22.2. The number of rotatable bonds is 10. The van der Waals surface area contributed by atoms with Crippen molar-refractivity contribution < 1.29 is 40.6 Å². The van der Waals surface area contributed by atoms with E-state index in [1.54, 1.807) is 41.0 Å². The minimum Gasteiger partial charge on any atom is -0.497 e. The topological polar surface area (TPSA) is 115 Å². The second kappa shape index (κ2) is 13.8. The van der Waals surface area contributed by atoms with Gasteiger partial charge in [0, 0.05) is 50.5 Å². The minimum absolute atomic E-state index is 0.109. The van der Waals surface area contributed by atoms with E-state index in [0.717, 1.165) is 23.3 Å².